The zero-order valence-corrected chi connectivity index (χ0v) is 13.4. The molecule has 2 aromatic rings. The molecule has 7 heteroatoms. The van der Waals surface area contributed by atoms with E-state index in [1.54, 1.807) is 6.20 Å². The average Bonchev–Trinajstić information content (AvgIpc) is 2.96. The highest BCUT2D eigenvalue weighted by atomic mass is 79.9. The molecule has 0 aliphatic carbocycles. The Bertz CT molecular complexity index is 505. The van der Waals surface area contributed by atoms with E-state index in [9.17, 15) is 4.79 Å². The molecular weight excluding hydrogens is 382 g/mol. The molecule has 2 heterocycles. The standard InChI is InChI=1S/C11H11Br2N3OS/c12-8-7-9(18-10(8)13)11(17)14-3-1-5-16-6-2-4-15-16/h2,4,6-7H,1,3,5H2,(H,14,17). The lowest BCUT2D eigenvalue weighted by Gasteiger charge is -2.03. The number of aromatic nitrogens is 2. The van der Waals surface area contributed by atoms with Gasteiger partial charge in [-0.05, 0) is 50.4 Å². The molecule has 1 amide bonds. The summed E-state index contributed by atoms with van der Waals surface area (Å²) in [4.78, 5) is 12.5. The smallest absolute Gasteiger partial charge is 0.261 e. The first-order valence-electron chi connectivity index (χ1n) is 5.37. The van der Waals surface area contributed by atoms with Gasteiger partial charge in [0.1, 0.15) is 0 Å². The maximum Gasteiger partial charge on any atom is 0.261 e. The van der Waals surface area contributed by atoms with Crippen LogP contribution in [0.15, 0.2) is 32.8 Å². The highest BCUT2D eigenvalue weighted by molar-refractivity contribution is 9.13. The molecule has 0 aromatic carbocycles. The summed E-state index contributed by atoms with van der Waals surface area (Å²) < 4.78 is 3.70. The Kier molecular flexibility index (Phi) is 4.96. The van der Waals surface area contributed by atoms with Gasteiger partial charge in [0.15, 0.2) is 0 Å². The van der Waals surface area contributed by atoms with E-state index in [0.29, 0.717) is 11.4 Å². The van der Waals surface area contributed by atoms with Crippen molar-refractivity contribution >= 4 is 49.1 Å². The number of nitrogens with one attached hydrogen (secondary N) is 1. The minimum atomic E-state index is -0.0353. The van der Waals surface area contributed by atoms with Gasteiger partial charge in [0.05, 0.1) is 8.66 Å². The van der Waals surface area contributed by atoms with Crippen molar-refractivity contribution in [3.8, 4) is 0 Å². The van der Waals surface area contributed by atoms with Crippen molar-refractivity contribution < 1.29 is 4.79 Å². The first kappa shape index (κ1) is 13.8. The predicted molar refractivity (Wildman–Crippen MR) is 78.9 cm³/mol. The van der Waals surface area contributed by atoms with Crippen molar-refractivity contribution in [2.45, 2.75) is 13.0 Å². The van der Waals surface area contributed by atoms with Crippen LogP contribution in [0, 0.1) is 0 Å². The normalized spacial score (nSPS) is 10.6. The molecule has 0 aliphatic heterocycles. The van der Waals surface area contributed by atoms with Crippen LogP contribution in [0.4, 0.5) is 0 Å². The van der Waals surface area contributed by atoms with Crippen LogP contribution in [0.1, 0.15) is 16.1 Å². The maximum atomic E-state index is 11.8. The molecule has 1 N–H and O–H groups in total. The third kappa shape index (κ3) is 3.66. The highest BCUT2D eigenvalue weighted by Gasteiger charge is 2.11. The Morgan fingerprint density at radius 1 is 1.50 bits per heavy atom. The molecule has 18 heavy (non-hydrogen) atoms. The number of carbonyl (C=O) groups is 1. The fraction of sp³-hybridized carbons (Fsp3) is 0.273. The quantitative estimate of drug-likeness (QED) is 0.793. The lowest BCUT2D eigenvalue weighted by molar-refractivity contribution is 0.0956. The van der Waals surface area contributed by atoms with Gasteiger partial charge in [-0.25, -0.2) is 0 Å². The van der Waals surface area contributed by atoms with Gasteiger partial charge in [0.2, 0.25) is 0 Å². The molecule has 0 aliphatic rings. The van der Waals surface area contributed by atoms with E-state index in [2.05, 4.69) is 42.3 Å². The molecule has 0 spiro atoms. The molecule has 0 unspecified atom stereocenters. The number of hydrogen-bond donors (Lipinski definition) is 1. The molecule has 0 atom stereocenters. The van der Waals surface area contributed by atoms with E-state index in [1.807, 2.05) is 23.0 Å². The Morgan fingerprint density at radius 2 is 2.33 bits per heavy atom. The van der Waals surface area contributed by atoms with Gasteiger partial charge in [-0.1, -0.05) is 0 Å². The Labute approximate surface area is 126 Å². The maximum absolute atomic E-state index is 11.8. The van der Waals surface area contributed by atoms with E-state index in [1.165, 1.54) is 11.3 Å². The molecular formula is C11H11Br2N3OS. The summed E-state index contributed by atoms with van der Waals surface area (Å²) in [7, 11) is 0. The van der Waals surface area contributed by atoms with E-state index < -0.39 is 0 Å². The van der Waals surface area contributed by atoms with Crippen molar-refractivity contribution in [3.05, 3.63) is 37.7 Å². The highest BCUT2D eigenvalue weighted by Crippen LogP contribution is 2.32. The van der Waals surface area contributed by atoms with Gasteiger partial charge < -0.3 is 5.32 Å². The molecule has 0 fully saturated rings. The van der Waals surface area contributed by atoms with Crippen LogP contribution in [0.5, 0.6) is 0 Å². The monoisotopic (exact) mass is 391 g/mol. The number of halogens is 2. The van der Waals surface area contributed by atoms with Crippen LogP contribution in [0.25, 0.3) is 0 Å². The SMILES string of the molecule is O=C(NCCCn1cccn1)c1cc(Br)c(Br)s1. The Hall–Kier alpha value is -0.660. The van der Waals surface area contributed by atoms with Crippen LogP contribution < -0.4 is 5.32 Å². The summed E-state index contributed by atoms with van der Waals surface area (Å²) in [6.45, 7) is 1.46. The van der Waals surface area contributed by atoms with Crippen molar-refractivity contribution in [2.24, 2.45) is 0 Å². The van der Waals surface area contributed by atoms with Gasteiger partial charge in [-0.3, -0.25) is 9.48 Å². The third-order valence-electron chi connectivity index (χ3n) is 2.28. The molecule has 0 saturated carbocycles. The second kappa shape index (κ2) is 6.49. The van der Waals surface area contributed by atoms with Crippen LogP contribution in [0.3, 0.4) is 0 Å². The Balaban J connectivity index is 1.75. The van der Waals surface area contributed by atoms with E-state index in [4.69, 9.17) is 0 Å². The van der Waals surface area contributed by atoms with Crippen LogP contribution >= 0.6 is 43.2 Å². The van der Waals surface area contributed by atoms with Gasteiger partial charge in [-0.15, -0.1) is 11.3 Å². The van der Waals surface area contributed by atoms with Gasteiger partial charge >= 0.3 is 0 Å². The average molecular weight is 393 g/mol. The number of hydrogen-bond acceptors (Lipinski definition) is 3. The largest absolute Gasteiger partial charge is 0.351 e. The fourth-order valence-electron chi connectivity index (χ4n) is 1.42. The molecule has 4 nitrogen and oxygen atoms in total. The summed E-state index contributed by atoms with van der Waals surface area (Å²) in [5.74, 6) is -0.0353. The van der Waals surface area contributed by atoms with Crippen molar-refractivity contribution in [2.75, 3.05) is 6.54 Å². The summed E-state index contributed by atoms with van der Waals surface area (Å²) in [6, 6.07) is 3.71. The Morgan fingerprint density at radius 3 is 2.94 bits per heavy atom. The van der Waals surface area contributed by atoms with Crippen molar-refractivity contribution in [1.29, 1.82) is 0 Å². The van der Waals surface area contributed by atoms with Crippen LogP contribution in [-0.2, 0) is 6.54 Å². The van der Waals surface area contributed by atoms with Gasteiger partial charge in [0, 0.05) is 30.0 Å². The summed E-state index contributed by atoms with van der Waals surface area (Å²) in [5, 5.41) is 6.99. The fourth-order valence-corrected chi connectivity index (χ4v) is 3.37. The lowest BCUT2D eigenvalue weighted by atomic mass is 10.4. The van der Waals surface area contributed by atoms with E-state index in [-0.39, 0.29) is 5.91 Å². The molecule has 0 radical (unpaired) electrons. The van der Waals surface area contributed by atoms with E-state index in [0.717, 1.165) is 21.2 Å². The molecule has 2 aromatic heterocycles. The van der Waals surface area contributed by atoms with Gasteiger partial charge in [-0.2, -0.15) is 5.10 Å². The summed E-state index contributed by atoms with van der Waals surface area (Å²) >= 11 is 8.16. The lowest BCUT2D eigenvalue weighted by Crippen LogP contribution is -2.24. The first-order chi connectivity index (χ1) is 8.66. The molecule has 96 valence electrons. The van der Waals surface area contributed by atoms with Gasteiger partial charge in [0.25, 0.3) is 5.91 Å². The molecule has 0 saturated heterocycles. The predicted octanol–water partition coefficient (Wildman–Crippen LogP) is 3.29. The topological polar surface area (TPSA) is 46.9 Å². The molecule has 2 rings (SSSR count). The number of nitrogens with zero attached hydrogens (tertiary/aromatic N) is 2. The third-order valence-corrected chi connectivity index (χ3v) is 5.53. The second-order valence-electron chi connectivity index (χ2n) is 3.61. The number of carbonyl (C=O) groups excluding carboxylic acids is 1. The zero-order chi connectivity index (χ0) is 13.0. The summed E-state index contributed by atoms with van der Waals surface area (Å²) in [5.41, 5.74) is 0. The minimum Gasteiger partial charge on any atom is -0.351 e. The number of aryl methyl sites for hydroxylation is 1. The molecule has 0 bridgehead atoms. The number of rotatable bonds is 5. The van der Waals surface area contributed by atoms with E-state index >= 15 is 0 Å². The minimum absolute atomic E-state index is 0.0353. The first-order valence-corrected chi connectivity index (χ1v) is 7.77. The summed E-state index contributed by atoms with van der Waals surface area (Å²) in [6.07, 6.45) is 4.52. The van der Waals surface area contributed by atoms with Crippen LogP contribution in [-0.4, -0.2) is 22.2 Å². The van der Waals surface area contributed by atoms with Crippen molar-refractivity contribution in [1.82, 2.24) is 15.1 Å². The zero-order valence-electron chi connectivity index (χ0n) is 9.40. The number of thiophene rings is 1. The van der Waals surface area contributed by atoms with Crippen molar-refractivity contribution in [3.63, 3.8) is 0 Å². The second-order valence-corrected chi connectivity index (χ2v) is 6.84. The van der Waals surface area contributed by atoms with Crippen LogP contribution in [0.2, 0.25) is 0 Å². The number of amides is 1.